The molecular formula is C24H25F3N2O3S. The average Bonchev–Trinajstić information content (AvgIpc) is 3.59. The fourth-order valence-corrected chi connectivity index (χ4v) is 4.93. The number of unbranched alkanes of at least 4 members (excludes halogenated alkanes) is 1. The minimum atomic E-state index is -4.60. The van der Waals surface area contributed by atoms with Gasteiger partial charge < -0.3 is 4.98 Å². The number of nitrogens with one attached hydrogen (secondary N) is 2. The zero-order chi connectivity index (χ0) is 23.6. The molecule has 1 fully saturated rings. The second-order valence-corrected chi connectivity index (χ2v) is 10.3. The van der Waals surface area contributed by atoms with Crippen molar-refractivity contribution in [2.45, 2.75) is 49.6 Å². The van der Waals surface area contributed by atoms with Crippen LogP contribution in [0.15, 0.2) is 58.2 Å². The molecular weight excluding hydrogens is 453 g/mol. The molecule has 5 nitrogen and oxygen atoms in total. The molecule has 0 unspecified atom stereocenters. The predicted molar refractivity (Wildman–Crippen MR) is 121 cm³/mol. The lowest BCUT2D eigenvalue weighted by Gasteiger charge is -2.11. The summed E-state index contributed by atoms with van der Waals surface area (Å²) in [5.41, 5.74) is 0.236. The summed E-state index contributed by atoms with van der Waals surface area (Å²) in [6.07, 6.45) is 0.459. The van der Waals surface area contributed by atoms with Gasteiger partial charge in [-0.15, -0.1) is 0 Å². The van der Waals surface area contributed by atoms with Crippen molar-refractivity contribution in [3.63, 3.8) is 0 Å². The number of H-pyrrole nitrogens is 1. The Morgan fingerprint density at radius 3 is 2.21 bits per heavy atom. The van der Waals surface area contributed by atoms with Gasteiger partial charge in [-0.2, -0.15) is 13.2 Å². The van der Waals surface area contributed by atoms with Crippen LogP contribution in [0.2, 0.25) is 0 Å². The van der Waals surface area contributed by atoms with Gasteiger partial charge in [0.05, 0.1) is 10.5 Å². The summed E-state index contributed by atoms with van der Waals surface area (Å²) in [4.78, 5) is 14.2. The molecule has 1 aliphatic rings. The van der Waals surface area contributed by atoms with Crippen LogP contribution in [0.5, 0.6) is 0 Å². The number of hydrogen-bond donors (Lipinski definition) is 2. The van der Waals surface area contributed by atoms with Crippen LogP contribution in [-0.4, -0.2) is 19.9 Å². The number of alkyl halides is 3. The van der Waals surface area contributed by atoms with Gasteiger partial charge in [-0.3, -0.25) is 4.79 Å². The van der Waals surface area contributed by atoms with Crippen LogP contribution in [0.3, 0.4) is 0 Å². The zero-order valence-electron chi connectivity index (χ0n) is 17.9. The number of benzene rings is 2. The van der Waals surface area contributed by atoms with Gasteiger partial charge in [0.1, 0.15) is 0 Å². The van der Waals surface area contributed by atoms with Gasteiger partial charge in [0, 0.05) is 23.5 Å². The highest BCUT2D eigenvalue weighted by atomic mass is 32.2. The lowest BCUT2D eigenvalue weighted by atomic mass is 10.0. The molecule has 2 aromatic carbocycles. The van der Waals surface area contributed by atoms with Crippen molar-refractivity contribution in [1.29, 1.82) is 0 Å². The Hall–Kier alpha value is -2.65. The Labute approximate surface area is 190 Å². The summed E-state index contributed by atoms with van der Waals surface area (Å²) in [5, 5.41) is -0.00769. The van der Waals surface area contributed by atoms with E-state index < -0.39 is 27.3 Å². The summed E-state index contributed by atoms with van der Waals surface area (Å²) < 4.78 is 67.2. The Kier molecular flexibility index (Phi) is 6.63. The fraction of sp³-hybridized carbons (Fsp3) is 0.375. The van der Waals surface area contributed by atoms with Crippen molar-refractivity contribution in [1.82, 2.24) is 9.71 Å². The van der Waals surface area contributed by atoms with Crippen molar-refractivity contribution in [3.8, 4) is 0 Å². The number of fused-ring (bicyclic) bond motifs is 1. The maximum Gasteiger partial charge on any atom is 0.417 e. The van der Waals surface area contributed by atoms with Crippen molar-refractivity contribution in [2.75, 3.05) is 6.54 Å². The number of pyridine rings is 1. The van der Waals surface area contributed by atoms with E-state index in [2.05, 4.69) is 9.71 Å². The Morgan fingerprint density at radius 2 is 1.58 bits per heavy atom. The van der Waals surface area contributed by atoms with Crippen LogP contribution in [0.25, 0.3) is 10.9 Å². The largest absolute Gasteiger partial charge is 0.417 e. The van der Waals surface area contributed by atoms with E-state index >= 15 is 0 Å². The number of aromatic nitrogens is 1. The van der Waals surface area contributed by atoms with Gasteiger partial charge in [0.25, 0.3) is 0 Å². The van der Waals surface area contributed by atoms with Crippen LogP contribution in [0, 0.1) is 5.92 Å². The van der Waals surface area contributed by atoms with Gasteiger partial charge in [-0.25, -0.2) is 13.1 Å². The van der Waals surface area contributed by atoms with Crippen LogP contribution in [0.4, 0.5) is 13.2 Å². The van der Waals surface area contributed by atoms with Crippen molar-refractivity contribution in [2.24, 2.45) is 5.92 Å². The monoisotopic (exact) mass is 478 g/mol. The molecule has 9 heteroatoms. The highest BCUT2D eigenvalue weighted by Crippen LogP contribution is 2.33. The third-order valence-corrected chi connectivity index (χ3v) is 7.33. The standard InChI is InChI=1S/C24H25F3N2O3S/c25-24(26,27)21-14-23(30)29-22-12-9-17(13-20(21)22)4-2-1-3-16-7-10-19(11-8-16)33(31,32)28-15-18-5-6-18/h7-14,18,28H,1-6,15H2,(H,29,30). The summed E-state index contributed by atoms with van der Waals surface area (Å²) in [7, 11) is -3.48. The number of aromatic amines is 1. The van der Waals surface area contributed by atoms with Gasteiger partial charge >= 0.3 is 6.18 Å². The fourth-order valence-electron chi connectivity index (χ4n) is 3.82. The van der Waals surface area contributed by atoms with E-state index in [1.165, 1.54) is 12.1 Å². The summed E-state index contributed by atoms with van der Waals surface area (Å²) in [6.45, 7) is 0.486. The normalized spacial score (nSPS) is 14.6. The molecule has 33 heavy (non-hydrogen) atoms. The molecule has 176 valence electrons. The molecule has 0 spiro atoms. The van der Waals surface area contributed by atoms with Crippen LogP contribution < -0.4 is 10.3 Å². The number of hydrogen-bond acceptors (Lipinski definition) is 3. The smallest absolute Gasteiger partial charge is 0.322 e. The third-order valence-electron chi connectivity index (χ3n) is 5.89. The Balaban J connectivity index is 1.34. The molecule has 0 amide bonds. The average molecular weight is 479 g/mol. The van der Waals surface area contributed by atoms with E-state index in [0.717, 1.165) is 43.2 Å². The van der Waals surface area contributed by atoms with E-state index in [1.807, 2.05) is 0 Å². The summed E-state index contributed by atoms with van der Waals surface area (Å²) in [5.74, 6) is 0.462. The Morgan fingerprint density at radius 1 is 0.939 bits per heavy atom. The molecule has 0 bridgehead atoms. The third kappa shape index (κ3) is 6.03. The van der Waals surface area contributed by atoms with Crippen molar-refractivity contribution >= 4 is 20.9 Å². The minimum Gasteiger partial charge on any atom is -0.322 e. The zero-order valence-corrected chi connectivity index (χ0v) is 18.7. The maximum atomic E-state index is 13.3. The second kappa shape index (κ2) is 9.30. The molecule has 1 saturated carbocycles. The molecule has 4 rings (SSSR count). The molecule has 1 heterocycles. The first-order chi connectivity index (χ1) is 15.6. The van der Waals surface area contributed by atoms with Gasteiger partial charge in [0.15, 0.2) is 0 Å². The molecule has 0 saturated heterocycles. The number of rotatable bonds is 9. The van der Waals surface area contributed by atoms with E-state index in [1.54, 1.807) is 30.3 Å². The van der Waals surface area contributed by atoms with Crippen LogP contribution in [-0.2, 0) is 29.0 Å². The lowest BCUT2D eigenvalue weighted by Crippen LogP contribution is -2.25. The molecule has 2 N–H and O–H groups in total. The highest BCUT2D eigenvalue weighted by molar-refractivity contribution is 7.89. The van der Waals surface area contributed by atoms with Crippen LogP contribution in [0.1, 0.15) is 42.4 Å². The second-order valence-electron chi connectivity index (χ2n) is 8.57. The van der Waals surface area contributed by atoms with E-state index in [0.29, 0.717) is 24.9 Å². The molecule has 1 aromatic heterocycles. The number of sulfonamides is 1. The first-order valence-electron chi connectivity index (χ1n) is 10.9. The molecule has 0 aliphatic heterocycles. The van der Waals surface area contributed by atoms with Crippen LogP contribution >= 0.6 is 0 Å². The maximum absolute atomic E-state index is 13.3. The first-order valence-corrected chi connectivity index (χ1v) is 12.4. The van der Waals surface area contributed by atoms with Gasteiger partial charge in [-0.05, 0) is 79.8 Å². The summed E-state index contributed by atoms with van der Waals surface area (Å²) >= 11 is 0. The van der Waals surface area contributed by atoms with E-state index in [-0.39, 0.29) is 15.8 Å². The number of aryl methyl sites for hydroxylation is 2. The molecule has 0 atom stereocenters. The van der Waals surface area contributed by atoms with Gasteiger partial charge in [-0.1, -0.05) is 18.2 Å². The quantitative estimate of drug-likeness (QED) is 0.434. The topological polar surface area (TPSA) is 79.0 Å². The van der Waals surface area contributed by atoms with Crippen molar-refractivity contribution in [3.05, 3.63) is 75.6 Å². The van der Waals surface area contributed by atoms with Crippen molar-refractivity contribution < 1.29 is 21.6 Å². The lowest BCUT2D eigenvalue weighted by molar-refractivity contribution is -0.136. The SMILES string of the molecule is O=c1cc(C(F)(F)F)c2cc(CCCCc3ccc(S(=O)(=O)NCC4CC4)cc3)ccc2[nH]1. The highest BCUT2D eigenvalue weighted by Gasteiger charge is 2.33. The molecule has 3 aromatic rings. The number of halogens is 3. The van der Waals surface area contributed by atoms with E-state index in [9.17, 15) is 26.4 Å². The molecule has 0 radical (unpaired) electrons. The molecule has 1 aliphatic carbocycles. The minimum absolute atomic E-state index is 0.00769. The van der Waals surface area contributed by atoms with Gasteiger partial charge in [0.2, 0.25) is 15.6 Å². The predicted octanol–water partition coefficient (Wildman–Crippen LogP) is 4.80. The summed E-state index contributed by atoms with van der Waals surface area (Å²) in [6, 6.07) is 12.1. The van der Waals surface area contributed by atoms with E-state index in [4.69, 9.17) is 0 Å². The Bertz CT molecular complexity index is 1300. The first kappa shape index (κ1) is 23.5.